The van der Waals surface area contributed by atoms with E-state index in [9.17, 15) is 4.79 Å². The van der Waals surface area contributed by atoms with Gasteiger partial charge in [0.2, 0.25) is 0 Å². The first-order valence-corrected chi connectivity index (χ1v) is 9.66. The van der Waals surface area contributed by atoms with Gasteiger partial charge in [-0.1, -0.05) is 5.16 Å². The van der Waals surface area contributed by atoms with Gasteiger partial charge in [0.15, 0.2) is 17.6 Å². The summed E-state index contributed by atoms with van der Waals surface area (Å²) in [4.78, 5) is 21.7. The van der Waals surface area contributed by atoms with Gasteiger partial charge in [-0.05, 0) is 13.0 Å². The fourth-order valence-electron chi connectivity index (χ4n) is 4.10. The monoisotopic (exact) mass is 389 g/mol. The van der Waals surface area contributed by atoms with Crippen molar-refractivity contribution in [2.24, 2.45) is 11.1 Å². The smallest absolute Gasteiger partial charge is 0.164 e. The lowest BCUT2D eigenvalue weighted by Gasteiger charge is -2.36. The molecule has 2 unspecified atom stereocenters. The van der Waals surface area contributed by atoms with Crippen molar-refractivity contribution < 1.29 is 23.8 Å². The number of hydrogen-bond donors (Lipinski definition) is 0. The van der Waals surface area contributed by atoms with Gasteiger partial charge in [-0.25, -0.2) is 0 Å². The van der Waals surface area contributed by atoms with Crippen molar-refractivity contribution in [1.82, 2.24) is 9.80 Å². The number of rotatable bonds is 6. The molecule has 0 bridgehead atoms. The molecular formula is C20H27N3O5. The van der Waals surface area contributed by atoms with Crippen LogP contribution >= 0.6 is 0 Å². The van der Waals surface area contributed by atoms with Gasteiger partial charge in [0.05, 0.1) is 26.7 Å². The lowest BCUT2D eigenvalue weighted by atomic mass is 9.90. The Bertz CT molecular complexity index is 773. The minimum Gasteiger partial charge on any atom is -0.493 e. The van der Waals surface area contributed by atoms with Gasteiger partial charge in [0.1, 0.15) is 23.9 Å². The molecule has 8 nitrogen and oxygen atoms in total. The molecule has 2 atom stereocenters. The normalized spacial score (nSPS) is 24.5. The van der Waals surface area contributed by atoms with Crippen molar-refractivity contribution in [2.75, 3.05) is 60.1 Å². The first-order valence-electron chi connectivity index (χ1n) is 9.66. The highest BCUT2D eigenvalue weighted by molar-refractivity contribution is 6.06. The highest BCUT2D eigenvalue weighted by Gasteiger charge is 2.41. The Balaban J connectivity index is 1.41. The fourth-order valence-corrected chi connectivity index (χ4v) is 4.10. The summed E-state index contributed by atoms with van der Waals surface area (Å²) >= 11 is 0. The van der Waals surface area contributed by atoms with E-state index in [1.807, 2.05) is 12.1 Å². The highest BCUT2D eigenvalue weighted by Crippen LogP contribution is 2.40. The molecule has 3 aliphatic heterocycles. The second-order valence-corrected chi connectivity index (χ2v) is 7.52. The fraction of sp³-hybridized carbons (Fsp3) is 0.600. The molecule has 0 aliphatic carbocycles. The van der Waals surface area contributed by atoms with Crippen LogP contribution in [0.5, 0.6) is 17.2 Å². The van der Waals surface area contributed by atoms with E-state index in [1.165, 1.54) is 0 Å². The second kappa shape index (κ2) is 7.97. The molecule has 1 fully saturated rings. The summed E-state index contributed by atoms with van der Waals surface area (Å²) in [5.74, 6) is 2.35. The maximum atomic E-state index is 11.3. The number of carbonyl (C=O) groups is 1. The molecule has 0 N–H and O–H groups in total. The van der Waals surface area contributed by atoms with Gasteiger partial charge >= 0.3 is 0 Å². The molecule has 152 valence electrons. The van der Waals surface area contributed by atoms with Crippen LogP contribution in [0.1, 0.15) is 12.5 Å². The predicted octanol–water partition coefficient (Wildman–Crippen LogP) is 1.02. The van der Waals surface area contributed by atoms with E-state index in [2.05, 4.69) is 15.0 Å². The number of piperazine rings is 1. The topological polar surface area (TPSA) is 72.8 Å². The average molecular weight is 389 g/mol. The number of ketones is 1. The number of fused-ring (bicyclic) bond motifs is 3. The second-order valence-electron chi connectivity index (χ2n) is 7.52. The largest absolute Gasteiger partial charge is 0.493 e. The number of oxime groups is 1. The molecule has 0 aromatic heterocycles. The van der Waals surface area contributed by atoms with Gasteiger partial charge in [-0.15, -0.1) is 0 Å². The van der Waals surface area contributed by atoms with E-state index in [-0.39, 0.29) is 17.8 Å². The Morgan fingerprint density at radius 3 is 2.50 bits per heavy atom. The number of benzene rings is 1. The Kier molecular flexibility index (Phi) is 5.41. The minimum atomic E-state index is -0.0318. The molecule has 3 aliphatic rings. The third-order valence-electron chi connectivity index (χ3n) is 5.62. The molecule has 0 spiro atoms. The van der Waals surface area contributed by atoms with Crippen molar-refractivity contribution in [3.8, 4) is 17.2 Å². The number of carbonyl (C=O) groups excluding carboxylic acids is 1. The predicted molar refractivity (Wildman–Crippen MR) is 104 cm³/mol. The Morgan fingerprint density at radius 2 is 1.82 bits per heavy atom. The van der Waals surface area contributed by atoms with E-state index < -0.39 is 0 Å². The molecular weight excluding hydrogens is 362 g/mol. The molecule has 8 heteroatoms. The molecule has 1 aromatic carbocycles. The van der Waals surface area contributed by atoms with E-state index in [0.717, 1.165) is 49.7 Å². The average Bonchev–Trinajstić information content (AvgIpc) is 3.11. The molecule has 1 saturated heterocycles. The lowest BCUT2D eigenvalue weighted by molar-refractivity contribution is -0.118. The minimum absolute atomic E-state index is 0.0318. The van der Waals surface area contributed by atoms with Crippen LogP contribution in [0.4, 0.5) is 0 Å². The highest BCUT2D eigenvalue weighted by atomic mass is 16.6. The summed E-state index contributed by atoms with van der Waals surface area (Å²) in [6.07, 6.45) is -0.0318. The summed E-state index contributed by atoms with van der Waals surface area (Å²) in [6.45, 7) is 7.19. The standard InChI is InChI=1S/C20H27N3O5/c1-13(24)10-22-4-6-23(7-5-22)11-19-15-12-27-16-9-18(26-3)17(25-2)8-14(16)20(15)21-28-19/h8-9,15,19H,4-7,10-12H2,1-3H3. The Hall–Kier alpha value is -2.32. The maximum absolute atomic E-state index is 11.3. The summed E-state index contributed by atoms with van der Waals surface area (Å²) in [5, 5.41) is 4.39. The van der Waals surface area contributed by atoms with Crippen LogP contribution in [0.3, 0.4) is 0 Å². The van der Waals surface area contributed by atoms with Crippen molar-refractivity contribution in [3.63, 3.8) is 0 Å². The van der Waals surface area contributed by atoms with Gasteiger partial charge in [0, 0.05) is 44.4 Å². The zero-order valence-electron chi connectivity index (χ0n) is 16.6. The summed E-state index contributed by atoms with van der Waals surface area (Å²) in [7, 11) is 3.23. The van der Waals surface area contributed by atoms with Crippen LogP contribution in [0.25, 0.3) is 0 Å². The third kappa shape index (κ3) is 3.66. The molecule has 0 radical (unpaired) electrons. The maximum Gasteiger partial charge on any atom is 0.164 e. The Labute approximate surface area is 165 Å². The van der Waals surface area contributed by atoms with Crippen molar-refractivity contribution in [1.29, 1.82) is 0 Å². The van der Waals surface area contributed by atoms with Crippen LogP contribution in [0.15, 0.2) is 17.3 Å². The van der Waals surface area contributed by atoms with Crippen LogP contribution < -0.4 is 14.2 Å². The zero-order chi connectivity index (χ0) is 19.7. The van der Waals surface area contributed by atoms with Crippen LogP contribution in [-0.4, -0.2) is 87.5 Å². The molecule has 1 aromatic rings. The van der Waals surface area contributed by atoms with E-state index in [1.54, 1.807) is 21.1 Å². The van der Waals surface area contributed by atoms with Gasteiger partial charge in [-0.3, -0.25) is 14.6 Å². The number of Topliss-reactive ketones (excluding diaryl/α,β-unsaturated/α-hetero) is 1. The van der Waals surface area contributed by atoms with Crippen LogP contribution in [0, 0.1) is 5.92 Å². The summed E-state index contributed by atoms with van der Waals surface area (Å²) in [5.41, 5.74) is 1.82. The number of ether oxygens (including phenoxy) is 3. The van der Waals surface area contributed by atoms with Crippen molar-refractivity contribution >= 4 is 11.5 Å². The molecule has 3 heterocycles. The van der Waals surface area contributed by atoms with Gasteiger partial charge in [0.25, 0.3) is 0 Å². The zero-order valence-corrected chi connectivity index (χ0v) is 16.6. The SMILES string of the molecule is COc1cc2c(cc1OC)C1=NOC(CN3CCN(CC(C)=O)CC3)C1CO2. The van der Waals surface area contributed by atoms with E-state index in [4.69, 9.17) is 19.0 Å². The van der Waals surface area contributed by atoms with Gasteiger partial charge in [-0.2, -0.15) is 0 Å². The van der Waals surface area contributed by atoms with Crippen LogP contribution in [0.2, 0.25) is 0 Å². The summed E-state index contributed by atoms with van der Waals surface area (Å²) < 4.78 is 16.8. The molecule has 28 heavy (non-hydrogen) atoms. The molecule has 0 amide bonds. The number of nitrogens with zero attached hydrogens (tertiary/aromatic N) is 3. The number of hydrogen-bond acceptors (Lipinski definition) is 8. The van der Waals surface area contributed by atoms with E-state index in [0.29, 0.717) is 24.7 Å². The van der Waals surface area contributed by atoms with Crippen molar-refractivity contribution in [3.05, 3.63) is 17.7 Å². The summed E-state index contributed by atoms with van der Waals surface area (Å²) in [6, 6.07) is 3.75. The molecule has 4 rings (SSSR count). The third-order valence-corrected chi connectivity index (χ3v) is 5.62. The first-order chi connectivity index (χ1) is 13.6. The van der Waals surface area contributed by atoms with E-state index >= 15 is 0 Å². The Morgan fingerprint density at radius 1 is 1.14 bits per heavy atom. The van der Waals surface area contributed by atoms with Crippen molar-refractivity contribution in [2.45, 2.75) is 13.0 Å². The molecule has 0 saturated carbocycles. The quantitative estimate of drug-likeness (QED) is 0.719. The lowest BCUT2D eigenvalue weighted by Crippen LogP contribution is -2.51. The first kappa shape index (κ1) is 19.0. The number of methoxy groups -OCH3 is 2. The van der Waals surface area contributed by atoms with Crippen LogP contribution in [-0.2, 0) is 9.63 Å². The van der Waals surface area contributed by atoms with Gasteiger partial charge < -0.3 is 19.0 Å².